The largest absolute Gasteiger partial charge is 0.393 e. The Labute approximate surface area is 56.3 Å². The van der Waals surface area contributed by atoms with Gasteiger partial charge in [-0.25, -0.2) is 0 Å². The van der Waals surface area contributed by atoms with Crippen LogP contribution in [0, 0.1) is 0 Å². The number of oxime groups is 1. The lowest BCUT2D eigenvalue weighted by atomic mass is 10.6. The van der Waals surface area contributed by atoms with Crippen molar-refractivity contribution in [1.29, 1.82) is 0 Å². The summed E-state index contributed by atoms with van der Waals surface area (Å²) in [5, 5.41) is 3.56. The molecular weight excluding hydrogens is 116 g/mol. The monoisotopic (exact) mass is 130 g/mol. The van der Waals surface area contributed by atoms with Gasteiger partial charge in [-0.3, -0.25) is 0 Å². The van der Waals surface area contributed by atoms with E-state index in [-0.39, 0.29) is 0 Å². The molecule has 54 valence electrons. The van der Waals surface area contributed by atoms with Gasteiger partial charge in [0, 0.05) is 7.05 Å². The lowest BCUT2D eigenvalue weighted by Crippen LogP contribution is -2.24. The third-order valence-electron chi connectivity index (χ3n) is 0.854. The zero-order chi connectivity index (χ0) is 7.11. The van der Waals surface area contributed by atoms with Gasteiger partial charge >= 0.3 is 0 Å². The maximum Gasteiger partial charge on any atom is 0.134 e. The van der Waals surface area contributed by atoms with Gasteiger partial charge in [-0.05, 0) is 0 Å². The van der Waals surface area contributed by atoms with E-state index >= 15 is 0 Å². The minimum Gasteiger partial charge on any atom is -0.393 e. The number of hydrogen-bond acceptors (Lipinski definition) is 3. The van der Waals surface area contributed by atoms with Crippen LogP contribution in [0.15, 0.2) is 5.16 Å². The highest BCUT2D eigenvalue weighted by Gasteiger charge is 1.95. The Morgan fingerprint density at radius 3 is 2.44 bits per heavy atom. The van der Waals surface area contributed by atoms with E-state index in [9.17, 15) is 0 Å². The van der Waals surface area contributed by atoms with Crippen LogP contribution in [-0.2, 0) is 4.84 Å². The average molecular weight is 130 g/mol. The highest BCUT2D eigenvalue weighted by Crippen LogP contribution is 1.86. The Morgan fingerprint density at radius 2 is 2.22 bits per heavy atom. The molecule has 1 aliphatic rings. The molecular formula is C6H14N2O. The van der Waals surface area contributed by atoms with E-state index in [0.29, 0.717) is 6.61 Å². The van der Waals surface area contributed by atoms with E-state index in [1.807, 2.05) is 25.8 Å². The van der Waals surface area contributed by atoms with Gasteiger partial charge in [0.15, 0.2) is 0 Å². The fourth-order valence-electron chi connectivity index (χ4n) is 0.409. The van der Waals surface area contributed by atoms with Crippen molar-refractivity contribution in [2.75, 3.05) is 20.2 Å². The lowest BCUT2D eigenvalue weighted by Gasteiger charge is -2.14. The molecule has 0 radical (unpaired) electrons. The van der Waals surface area contributed by atoms with E-state index in [1.54, 1.807) is 6.34 Å². The van der Waals surface area contributed by atoms with Gasteiger partial charge < -0.3 is 9.74 Å². The van der Waals surface area contributed by atoms with Crippen LogP contribution >= 0.6 is 0 Å². The summed E-state index contributed by atoms with van der Waals surface area (Å²) in [5.41, 5.74) is 0. The first kappa shape index (κ1) is 8.27. The second kappa shape index (κ2) is 5.41. The van der Waals surface area contributed by atoms with Gasteiger partial charge in [-0.1, -0.05) is 19.0 Å². The molecule has 0 aromatic rings. The zero-order valence-corrected chi connectivity index (χ0v) is 6.29. The second-order valence-electron chi connectivity index (χ2n) is 1.53. The molecule has 0 amide bonds. The maximum absolute atomic E-state index is 4.67. The Balaban J connectivity index is 0.000000291. The fourth-order valence-corrected chi connectivity index (χ4v) is 0.409. The topological polar surface area (TPSA) is 24.8 Å². The Morgan fingerprint density at radius 1 is 1.56 bits per heavy atom. The summed E-state index contributed by atoms with van der Waals surface area (Å²) in [6, 6.07) is 0. The average Bonchev–Trinajstić information content (AvgIpc) is 1.94. The Hall–Kier alpha value is -0.730. The fraction of sp³-hybridized carbons (Fsp3) is 0.833. The van der Waals surface area contributed by atoms with E-state index in [1.165, 1.54) is 0 Å². The van der Waals surface area contributed by atoms with Crippen LogP contribution in [0.2, 0.25) is 0 Å². The summed E-state index contributed by atoms with van der Waals surface area (Å²) in [4.78, 5) is 6.64. The molecule has 0 atom stereocenters. The first-order valence-electron chi connectivity index (χ1n) is 3.25. The number of nitrogens with zero attached hydrogens (tertiary/aromatic N) is 2. The maximum atomic E-state index is 4.67. The first-order valence-corrected chi connectivity index (χ1v) is 3.25. The Bertz CT molecular complexity index is 83.1. The highest BCUT2D eigenvalue weighted by atomic mass is 16.6. The smallest absolute Gasteiger partial charge is 0.134 e. The van der Waals surface area contributed by atoms with Crippen LogP contribution in [-0.4, -0.2) is 31.4 Å². The predicted octanol–water partition coefficient (Wildman–Crippen LogP) is 0.918. The molecule has 3 nitrogen and oxygen atoms in total. The van der Waals surface area contributed by atoms with Crippen LogP contribution in [0.25, 0.3) is 0 Å². The molecule has 0 aliphatic carbocycles. The van der Waals surface area contributed by atoms with Crippen molar-refractivity contribution in [2.45, 2.75) is 13.8 Å². The summed E-state index contributed by atoms with van der Waals surface area (Å²) in [6.07, 6.45) is 1.67. The molecule has 1 rings (SSSR count). The van der Waals surface area contributed by atoms with Crippen molar-refractivity contribution in [3.8, 4) is 0 Å². The van der Waals surface area contributed by atoms with Crippen molar-refractivity contribution < 1.29 is 4.84 Å². The molecule has 9 heavy (non-hydrogen) atoms. The molecule has 0 spiro atoms. The van der Waals surface area contributed by atoms with Crippen LogP contribution in [0.4, 0.5) is 0 Å². The van der Waals surface area contributed by atoms with Crippen LogP contribution in [0.5, 0.6) is 0 Å². The summed E-state index contributed by atoms with van der Waals surface area (Å²) >= 11 is 0. The van der Waals surface area contributed by atoms with Crippen LogP contribution < -0.4 is 0 Å². The normalized spacial score (nSPS) is 15.7. The molecule has 0 N–H and O–H groups in total. The quantitative estimate of drug-likeness (QED) is 0.487. The standard InChI is InChI=1S/C4H8N2O.C2H6/c1-6-2-3-7-5-4-6;1-2/h4H,2-3H2,1H3;1-2H3. The molecule has 3 heteroatoms. The summed E-state index contributed by atoms with van der Waals surface area (Å²) in [5.74, 6) is 0. The van der Waals surface area contributed by atoms with Gasteiger partial charge in [0.25, 0.3) is 0 Å². The van der Waals surface area contributed by atoms with E-state index in [0.717, 1.165) is 6.54 Å². The van der Waals surface area contributed by atoms with Gasteiger partial charge in [0.2, 0.25) is 0 Å². The molecule has 0 saturated heterocycles. The highest BCUT2D eigenvalue weighted by molar-refractivity contribution is 5.53. The van der Waals surface area contributed by atoms with Crippen molar-refractivity contribution in [2.24, 2.45) is 5.16 Å². The predicted molar refractivity (Wildman–Crippen MR) is 38.4 cm³/mol. The van der Waals surface area contributed by atoms with Gasteiger partial charge in [0.05, 0.1) is 6.54 Å². The molecule has 0 fully saturated rings. The summed E-state index contributed by atoms with van der Waals surface area (Å²) < 4.78 is 0. The lowest BCUT2D eigenvalue weighted by molar-refractivity contribution is 0.113. The zero-order valence-electron chi connectivity index (χ0n) is 6.29. The molecule has 0 bridgehead atoms. The molecule has 0 saturated carbocycles. The SMILES string of the molecule is CC.CN1C=NOCC1. The molecule has 0 aromatic heterocycles. The molecule has 0 unspecified atom stereocenters. The third-order valence-corrected chi connectivity index (χ3v) is 0.854. The van der Waals surface area contributed by atoms with Crippen molar-refractivity contribution in [1.82, 2.24) is 4.90 Å². The third kappa shape index (κ3) is 3.82. The van der Waals surface area contributed by atoms with Crippen molar-refractivity contribution in [3.05, 3.63) is 0 Å². The first-order chi connectivity index (χ1) is 4.39. The van der Waals surface area contributed by atoms with Crippen LogP contribution in [0.1, 0.15) is 13.8 Å². The number of likely N-dealkylation sites (N-methyl/N-ethyl adjacent to an activating group) is 1. The van der Waals surface area contributed by atoms with E-state index in [2.05, 4.69) is 9.99 Å². The van der Waals surface area contributed by atoms with Crippen molar-refractivity contribution >= 4 is 6.34 Å². The molecule has 1 heterocycles. The minimum atomic E-state index is 0.715. The Kier molecular flexibility index (Phi) is 4.97. The number of rotatable bonds is 0. The number of hydrogen-bond donors (Lipinski definition) is 0. The van der Waals surface area contributed by atoms with Crippen molar-refractivity contribution in [3.63, 3.8) is 0 Å². The second-order valence-corrected chi connectivity index (χ2v) is 1.53. The molecule has 0 aromatic carbocycles. The molecule has 1 aliphatic heterocycles. The van der Waals surface area contributed by atoms with Gasteiger partial charge in [-0.15, -0.1) is 0 Å². The summed E-state index contributed by atoms with van der Waals surface area (Å²) in [7, 11) is 1.96. The van der Waals surface area contributed by atoms with Gasteiger partial charge in [-0.2, -0.15) is 0 Å². The van der Waals surface area contributed by atoms with Gasteiger partial charge in [0.1, 0.15) is 12.9 Å². The van der Waals surface area contributed by atoms with Crippen LogP contribution in [0.3, 0.4) is 0 Å². The minimum absolute atomic E-state index is 0.715. The van der Waals surface area contributed by atoms with E-state index < -0.39 is 0 Å². The van der Waals surface area contributed by atoms with E-state index in [4.69, 9.17) is 0 Å². The summed E-state index contributed by atoms with van der Waals surface area (Å²) in [6.45, 7) is 5.66.